The Morgan fingerprint density at radius 3 is 2.55 bits per heavy atom. The SMILES string of the molecule is CCC(C(=O)O)n1c2c(c3cc(F)ccc31)CC(N(Cc1cccc3ccccc13)C(=O)NCc1ccccc1)CC2. The maximum Gasteiger partial charge on any atom is 0.326 e. The Balaban J connectivity index is 1.38. The van der Waals surface area contributed by atoms with Crippen LogP contribution in [0, 0.1) is 5.82 Å². The molecule has 0 fully saturated rings. The van der Waals surface area contributed by atoms with Crippen molar-refractivity contribution in [3.05, 3.63) is 119 Å². The minimum absolute atomic E-state index is 0.153. The summed E-state index contributed by atoms with van der Waals surface area (Å²) in [5, 5.41) is 16.1. The minimum atomic E-state index is -0.901. The molecular weight excluding hydrogens is 529 g/mol. The van der Waals surface area contributed by atoms with Gasteiger partial charge in [-0.15, -0.1) is 0 Å². The lowest BCUT2D eigenvalue weighted by atomic mass is 9.89. The summed E-state index contributed by atoms with van der Waals surface area (Å²) in [6.07, 6.45) is 2.20. The van der Waals surface area contributed by atoms with Crippen LogP contribution in [0.4, 0.5) is 9.18 Å². The van der Waals surface area contributed by atoms with E-state index in [-0.39, 0.29) is 17.9 Å². The van der Waals surface area contributed by atoms with Crippen molar-refractivity contribution in [2.24, 2.45) is 0 Å². The molecule has 0 radical (unpaired) electrons. The molecule has 7 heteroatoms. The molecule has 0 aliphatic heterocycles. The van der Waals surface area contributed by atoms with E-state index >= 15 is 0 Å². The second-order valence-corrected chi connectivity index (χ2v) is 11.0. The lowest BCUT2D eigenvalue weighted by Crippen LogP contribution is -2.47. The van der Waals surface area contributed by atoms with Gasteiger partial charge in [0.05, 0.1) is 0 Å². The van der Waals surface area contributed by atoms with Crippen molar-refractivity contribution in [2.45, 2.75) is 57.8 Å². The third-order valence-electron chi connectivity index (χ3n) is 8.53. The number of carbonyl (C=O) groups excluding carboxylic acids is 1. The number of nitrogens with one attached hydrogen (secondary N) is 1. The van der Waals surface area contributed by atoms with E-state index in [1.165, 1.54) is 12.1 Å². The van der Waals surface area contributed by atoms with E-state index < -0.39 is 12.0 Å². The van der Waals surface area contributed by atoms with Gasteiger partial charge in [0.25, 0.3) is 0 Å². The second-order valence-electron chi connectivity index (χ2n) is 11.0. The van der Waals surface area contributed by atoms with Crippen molar-refractivity contribution in [2.75, 3.05) is 0 Å². The molecule has 42 heavy (non-hydrogen) atoms. The van der Waals surface area contributed by atoms with Gasteiger partial charge >= 0.3 is 12.0 Å². The van der Waals surface area contributed by atoms with Crippen molar-refractivity contribution >= 4 is 33.7 Å². The Kier molecular flexibility index (Phi) is 7.66. The van der Waals surface area contributed by atoms with E-state index in [0.29, 0.717) is 38.8 Å². The van der Waals surface area contributed by atoms with Crippen molar-refractivity contribution < 1.29 is 19.1 Å². The summed E-state index contributed by atoms with van der Waals surface area (Å²) in [6, 6.07) is 27.7. The van der Waals surface area contributed by atoms with Crippen LogP contribution in [0.3, 0.4) is 0 Å². The van der Waals surface area contributed by atoms with Gasteiger partial charge in [-0.25, -0.2) is 14.0 Å². The molecular formula is C35H34FN3O3. The number of nitrogens with zero attached hydrogens (tertiary/aromatic N) is 2. The summed E-state index contributed by atoms with van der Waals surface area (Å²) in [5.41, 5.74) is 4.65. The number of aromatic nitrogens is 1. The predicted octanol–water partition coefficient (Wildman–Crippen LogP) is 7.24. The number of benzene rings is 4. The summed E-state index contributed by atoms with van der Waals surface area (Å²) in [5.74, 6) is -1.26. The first kappa shape index (κ1) is 27.5. The molecule has 2 unspecified atom stereocenters. The first-order chi connectivity index (χ1) is 20.4. The average molecular weight is 564 g/mol. The molecule has 1 heterocycles. The van der Waals surface area contributed by atoms with Crippen LogP contribution in [0.1, 0.15) is 48.2 Å². The van der Waals surface area contributed by atoms with Crippen LogP contribution in [-0.2, 0) is 30.7 Å². The topological polar surface area (TPSA) is 74.6 Å². The highest BCUT2D eigenvalue weighted by atomic mass is 19.1. The molecule has 1 aliphatic rings. The number of fused-ring (bicyclic) bond motifs is 4. The fourth-order valence-corrected chi connectivity index (χ4v) is 6.49. The molecule has 1 aliphatic carbocycles. The van der Waals surface area contributed by atoms with Crippen molar-refractivity contribution in [3.63, 3.8) is 0 Å². The molecule has 0 bridgehead atoms. The van der Waals surface area contributed by atoms with Crippen molar-refractivity contribution in [3.8, 4) is 0 Å². The number of halogens is 1. The molecule has 4 aromatic carbocycles. The summed E-state index contributed by atoms with van der Waals surface area (Å²) in [4.78, 5) is 28.0. The van der Waals surface area contributed by atoms with Crippen LogP contribution in [0.15, 0.2) is 91.0 Å². The third kappa shape index (κ3) is 5.22. The van der Waals surface area contributed by atoms with Crippen LogP contribution < -0.4 is 5.32 Å². The molecule has 6 rings (SSSR count). The normalized spacial score (nSPS) is 15.3. The summed E-state index contributed by atoms with van der Waals surface area (Å²) < 4.78 is 16.4. The quantitative estimate of drug-likeness (QED) is 0.209. The largest absolute Gasteiger partial charge is 0.480 e. The third-order valence-corrected chi connectivity index (χ3v) is 8.53. The highest BCUT2D eigenvalue weighted by molar-refractivity contribution is 5.89. The van der Waals surface area contributed by atoms with Gasteiger partial charge in [-0.05, 0) is 71.3 Å². The highest BCUT2D eigenvalue weighted by Gasteiger charge is 2.34. The van der Waals surface area contributed by atoms with Crippen molar-refractivity contribution in [1.82, 2.24) is 14.8 Å². The number of carboxylic acids is 1. The van der Waals surface area contributed by atoms with Crippen LogP contribution >= 0.6 is 0 Å². The minimum Gasteiger partial charge on any atom is -0.480 e. The van der Waals surface area contributed by atoms with E-state index in [1.807, 2.05) is 64.9 Å². The molecule has 0 saturated heterocycles. The number of rotatable bonds is 8. The average Bonchev–Trinajstić information content (AvgIpc) is 3.32. The number of hydrogen-bond acceptors (Lipinski definition) is 2. The number of carbonyl (C=O) groups is 2. The van der Waals surface area contributed by atoms with Gasteiger partial charge in [-0.3, -0.25) is 0 Å². The van der Waals surface area contributed by atoms with Gasteiger partial charge < -0.3 is 19.9 Å². The fourth-order valence-electron chi connectivity index (χ4n) is 6.49. The van der Waals surface area contributed by atoms with E-state index in [1.54, 1.807) is 6.07 Å². The van der Waals surface area contributed by atoms with E-state index in [9.17, 15) is 19.1 Å². The Bertz CT molecular complexity index is 1760. The number of urea groups is 1. The van der Waals surface area contributed by atoms with Crippen molar-refractivity contribution in [1.29, 1.82) is 0 Å². The molecule has 2 amide bonds. The van der Waals surface area contributed by atoms with E-state index in [0.717, 1.165) is 44.1 Å². The molecule has 0 spiro atoms. The zero-order chi connectivity index (χ0) is 29.2. The maximum absolute atomic E-state index is 14.5. The molecule has 1 aromatic heterocycles. The zero-order valence-corrected chi connectivity index (χ0v) is 23.6. The molecule has 6 nitrogen and oxygen atoms in total. The standard InChI is InChI=1S/C35H34FN3O3/c1-2-31(34(40)41)39-32-17-15-26(36)19-29(32)30-20-27(16-18-33(30)39)38(35(42)37-21-23-9-4-3-5-10-23)22-25-13-8-12-24-11-6-7-14-28(24)25/h3-15,17,19,27,31H,2,16,18,20-22H2,1H3,(H,37,42)(H,40,41). The second kappa shape index (κ2) is 11.7. The number of carboxylic acid groups (broad SMARTS) is 1. The van der Waals surface area contributed by atoms with Gasteiger partial charge in [-0.2, -0.15) is 0 Å². The summed E-state index contributed by atoms with van der Waals surface area (Å²) in [7, 11) is 0. The Morgan fingerprint density at radius 1 is 1.00 bits per heavy atom. The monoisotopic (exact) mass is 563 g/mol. The van der Waals surface area contributed by atoms with Crippen LogP contribution in [0.5, 0.6) is 0 Å². The Hall–Kier alpha value is -4.65. The lowest BCUT2D eigenvalue weighted by molar-refractivity contribution is -0.140. The summed E-state index contributed by atoms with van der Waals surface area (Å²) in [6.45, 7) is 2.68. The molecule has 214 valence electrons. The van der Waals surface area contributed by atoms with Crippen LogP contribution in [0.25, 0.3) is 21.7 Å². The molecule has 2 atom stereocenters. The fraction of sp³-hybridized carbons (Fsp3) is 0.257. The Labute approximate surface area is 244 Å². The number of aliphatic carboxylic acids is 1. The number of hydrogen-bond donors (Lipinski definition) is 2. The van der Waals surface area contributed by atoms with Gasteiger partial charge in [-0.1, -0.05) is 79.7 Å². The lowest BCUT2D eigenvalue weighted by Gasteiger charge is -2.35. The van der Waals surface area contributed by atoms with E-state index in [4.69, 9.17) is 0 Å². The predicted molar refractivity (Wildman–Crippen MR) is 163 cm³/mol. The first-order valence-electron chi connectivity index (χ1n) is 14.5. The molecule has 5 aromatic rings. The van der Waals surface area contributed by atoms with Gasteiger partial charge in [0.1, 0.15) is 11.9 Å². The van der Waals surface area contributed by atoms with Gasteiger partial charge in [0.2, 0.25) is 0 Å². The van der Waals surface area contributed by atoms with Crippen LogP contribution in [0.2, 0.25) is 0 Å². The first-order valence-corrected chi connectivity index (χ1v) is 14.5. The highest BCUT2D eigenvalue weighted by Crippen LogP contribution is 2.37. The van der Waals surface area contributed by atoms with Gasteiger partial charge in [0.15, 0.2) is 0 Å². The Morgan fingerprint density at radius 2 is 1.76 bits per heavy atom. The van der Waals surface area contributed by atoms with E-state index in [2.05, 4.69) is 29.6 Å². The maximum atomic E-state index is 14.5. The van der Waals surface area contributed by atoms with Gasteiger partial charge in [0, 0.05) is 35.7 Å². The zero-order valence-electron chi connectivity index (χ0n) is 23.6. The van der Waals surface area contributed by atoms with Crippen LogP contribution in [-0.4, -0.2) is 32.6 Å². The molecule has 0 saturated carbocycles. The summed E-state index contributed by atoms with van der Waals surface area (Å²) >= 11 is 0. The molecule has 2 N–H and O–H groups in total. The number of amides is 2. The smallest absolute Gasteiger partial charge is 0.326 e.